The lowest BCUT2D eigenvalue weighted by Crippen LogP contribution is -1.99. The van der Waals surface area contributed by atoms with Crippen LogP contribution in [0.25, 0.3) is 16.7 Å². The van der Waals surface area contributed by atoms with E-state index >= 15 is 0 Å². The van der Waals surface area contributed by atoms with Gasteiger partial charge in [-0.05, 0) is 42.5 Å². The van der Waals surface area contributed by atoms with Crippen molar-refractivity contribution in [2.24, 2.45) is 0 Å². The van der Waals surface area contributed by atoms with Crippen LogP contribution in [0.3, 0.4) is 0 Å². The molecule has 7 heteroatoms. The maximum Gasteiger partial charge on any atom is 0.182 e. The minimum atomic E-state index is -3.19. The zero-order valence-electron chi connectivity index (χ0n) is 10.6. The first-order valence-electron chi connectivity index (χ1n) is 5.82. The summed E-state index contributed by atoms with van der Waals surface area (Å²) in [6.07, 6.45) is 4.57. The van der Waals surface area contributed by atoms with E-state index in [0.717, 1.165) is 16.7 Å². The summed E-state index contributed by atoms with van der Waals surface area (Å²) in [7, 11) is -3.19. The summed E-state index contributed by atoms with van der Waals surface area (Å²) in [5, 5.41) is 0. The predicted molar refractivity (Wildman–Crippen MR) is 79.4 cm³/mol. The van der Waals surface area contributed by atoms with Gasteiger partial charge in [-0.3, -0.25) is 9.55 Å². The van der Waals surface area contributed by atoms with Crippen molar-refractivity contribution in [3.63, 3.8) is 0 Å². The van der Waals surface area contributed by atoms with Crippen molar-refractivity contribution in [3.05, 3.63) is 47.5 Å². The highest BCUT2D eigenvalue weighted by atomic mass is 32.2. The van der Waals surface area contributed by atoms with Gasteiger partial charge in [0.25, 0.3) is 0 Å². The fraction of sp³-hybridized carbons (Fsp3) is 0.0769. The summed E-state index contributed by atoms with van der Waals surface area (Å²) in [5.74, 6) is 0. The molecule has 2 heterocycles. The molecule has 0 bridgehead atoms. The second-order valence-corrected chi connectivity index (χ2v) is 6.83. The molecule has 0 atom stereocenters. The first-order valence-corrected chi connectivity index (χ1v) is 8.12. The van der Waals surface area contributed by atoms with E-state index in [0.29, 0.717) is 4.77 Å². The number of imidazole rings is 1. The number of fused-ring (bicyclic) bond motifs is 1. The molecule has 3 rings (SSSR count). The molecule has 102 valence electrons. The highest BCUT2D eigenvalue weighted by molar-refractivity contribution is 7.90. The molecule has 0 saturated carbocycles. The van der Waals surface area contributed by atoms with Crippen molar-refractivity contribution < 1.29 is 8.42 Å². The first kappa shape index (κ1) is 13.0. The van der Waals surface area contributed by atoms with Gasteiger partial charge in [0.05, 0.1) is 22.1 Å². The molecule has 0 amide bonds. The van der Waals surface area contributed by atoms with Gasteiger partial charge in [-0.2, -0.15) is 0 Å². The number of nitrogens with one attached hydrogen (secondary N) is 1. The molecule has 0 aliphatic carbocycles. The van der Waals surface area contributed by atoms with Gasteiger partial charge in [0.2, 0.25) is 0 Å². The zero-order valence-corrected chi connectivity index (χ0v) is 12.2. The van der Waals surface area contributed by atoms with Crippen molar-refractivity contribution in [1.29, 1.82) is 0 Å². The molecule has 0 unspecified atom stereocenters. The molecule has 2 aromatic heterocycles. The summed E-state index contributed by atoms with van der Waals surface area (Å²) >= 11 is 5.30. The van der Waals surface area contributed by atoms with Crippen LogP contribution >= 0.6 is 12.2 Å². The summed E-state index contributed by atoms with van der Waals surface area (Å²) in [6.45, 7) is 0. The lowest BCUT2D eigenvalue weighted by Gasteiger charge is -2.05. The molecule has 0 radical (unpaired) electrons. The van der Waals surface area contributed by atoms with E-state index < -0.39 is 9.84 Å². The second-order valence-electron chi connectivity index (χ2n) is 4.42. The molecular weight excluding hydrogens is 294 g/mol. The Morgan fingerprint density at radius 1 is 1.20 bits per heavy atom. The molecule has 3 aromatic rings. The number of benzene rings is 1. The lowest BCUT2D eigenvalue weighted by atomic mass is 10.3. The second kappa shape index (κ2) is 4.53. The molecule has 0 aliphatic rings. The van der Waals surface area contributed by atoms with Crippen LogP contribution in [0.4, 0.5) is 0 Å². The molecule has 5 nitrogen and oxygen atoms in total. The maximum absolute atomic E-state index is 11.5. The number of sulfone groups is 1. The standard InChI is InChI=1S/C13H11N3O2S2/c1-20(17,18)10-4-2-9(3-5-10)16-12-6-7-14-8-11(12)15-13(16)19/h2-8H,1H3,(H,15,19). The van der Waals surface area contributed by atoms with Crippen molar-refractivity contribution in [2.75, 3.05) is 6.26 Å². The quantitative estimate of drug-likeness (QED) is 0.739. The Balaban J connectivity index is 2.21. The number of aromatic nitrogens is 3. The molecule has 0 aliphatic heterocycles. The molecule has 1 aromatic carbocycles. The van der Waals surface area contributed by atoms with E-state index in [1.165, 1.54) is 6.26 Å². The van der Waals surface area contributed by atoms with E-state index in [1.54, 1.807) is 36.7 Å². The molecule has 20 heavy (non-hydrogen) atoms. The molecule has 0 saturated heterocycles. The Morgan fingerprint density at radius 2 is 1.90 bits per heavy atom. The fourth-order valence-corrected chi connectivity index (χ4v) is 3.00. The Hall–Kier alpha value is -1.99. The van der Waals surface area contributed by atoms with Crippen LogP contribution in [-0.2, 0) is 9.84 Å². The number of H-pyrrole nitrogens is 1. The Bertz CT molecular complexity index is 938. The average Bonchev–Trinajstić information content (AvgIpc) is 2.73. The van der Waals surface area contributed by atoms with Crippen LogP contribution in [0.2, 0.25) is 0 Å². The van der Waals surface area contributed by atoms with Gasteiger partial charge in [0, 0.05) is 18.1 Å². The van der Waals surface area contributed by atoms with Crippen LogP contribution in [0.15, 0.2) is 47.6 Å². The first-order chi connectivity index (χ1) is 9.47. The highest BCUT2D eigenvalue weighted by Crippen LogP contribution is 2.20. The largest absolute Gasteiger partial charge is 0.329 e. The lowest BCUT2D eigenvalue weighted by molar-refractivity contribution is 0.602. The number of rotatable bonds is 2. The number of nitrogens with zero attached hydrogens (tertiary/aromatic N) is 2. The highest BCUT2D eigenvalue weighted by Gasteiger charge is 2.09. The fourth-order valence-electron chi connectivity index (χ4n) is 2.06. The van der Waals surface area contributed by atoms with Crippen molar-refractivity contribution in [3.8, 4) is 5.69 Å². The summed E-state index contributed by atoms with van der Waals surface area (Å²) in [5.41, 5.74) is 2.54. The van der Waals surface area contributed by atoms with Gasteiger partial charge in [0.15, 0.2) is 14.6 Å². The van der Waals surface area contributed by atoms with E-state index in [1.807, 2.05) is 10.6 Å². The molecular formula is C13H11N3O2S2. The van der Waals surface area contributed by atoms with Gasteiger partial charge >= 0.3 is 0 Å². The average molecular weight is 305 g/mol. The SMILES string of the molecule is CS(=O)(=O)c1ccc(-n2c(=S)[nH]c3cnccc32)cc1. The van der Waals surface area contributed by atoms with E-state index in [4.69, 9.17) is 12.2 Å². The minimum Gasteiger partial charge on any atom is -0.329 e. The minimum absolute atomic E-state index is 0.286. The van der Waals surface area contributed by atoms with Gasteiger partial charge in [-0.1, -0.05) is 0 Å². The van der Waals surface area contributed by atoms with Crippen LogP contribution in [-0.4, -0.2) is 29.2 Å². The zero-order chi connectivity index (χ0) is 14.3. The number of hydrogen-bond donors (Lipinski definition) is 1. The molecule has 0 spiro atoms. The number of aromatic amines is 1. The van der Waals surface area contributed by atoms with E-state index in [-0.39, 0.29) is 4.90 Å². The van der Waals surface area contributed by atoms with Crippen molar-refractivity contribution in [2.45, 2.75) is 4.90 Å². The third-order valence-corrected chi connectivity index (χ3v) is 4.42. The summed E-state index contributed by atoms with van der Waals surface area (Å²) in [4.78, 5) is 7.39. The van der Waals surface area contributed by atoms with Gasteiger partial charge in [0.1, 0.15) is 0 Å². The number of pyridine rings is 1. The normalized spacial score (nSPS) is 11.8. The Morgan fingerprint density at radius 3 is 2.55 bits per heavy atom. The van der Waals surface area contributed by atoms with Crippen LogP contribution in [0, 0.1) is 4.77 Å². The topological polar surface area (TPSA) is 67.8 Å². The van der Waals surface area contributed by atoms with Crippen LogP contribution in [0.5, 0.6) is 0 Å². The van der Waals surface area contributed by atoms with Crippen LogP contribution < -0.4 is 0 Å². The van der Waals surface area contributed by atoms with E-state index in [9.17, 15) is 8.42 Å². The Kier molecular flexibility index (Phi) is 2.95. The maximum atomic E-state index is 11.5. The Labute approximate surface area is 120 Å². The van der Waals surface area contributed by atoms with Gasteiger partial charge in [-0.25, -0.2) is 8.42 Å². The predicted octanol–water partition coefficient (Wildman–Crippen LogP) is 2.49. The van der Waals surface area contributed by atoms with Gasteiger partial charge in [-0.15, -0.1) is 0 Å². The van der Waals surface area contributed by atoms with Crippen molar-refractivity contribution >= 4 is 33.1 Å². The molecule has 1 N–H and O–H groups in total. The monoisotopic (exact) mass is 305 g/mol. The number of hydrogen-bond acceptors (Lipinski definition) is 4. The van der Waals surface area contributed by atoms with Crippen molar-refractivity contribution in [1.82, 2.24) is 14.5 Å². The summed E-state index contributed by atoms with van der Waals surface area (Å²) in [6, 6.07) is 8.48. The third kappa shape index (κ3) is 2.14. The smallest absolute Gasteiger partial charge is 0.182 e. The van der Waals surface area contributed by atoms with E-state index in [2.05, 4.69) is 9.97 Å². The van der Waals surface area contributed by atoms with Gasteiger partial charge < -0.3 is 4.98 Å². The summed E-state index contributed by atoms with van der Waals surface area (Å²) < 4.78 is 25.3. The third-order valence-electron chi connectivity index (χ3n) is 3.01. The molecule has 0 fully saturated rings. The van der Waals surface area contributed by atoms with Crippen LogP contribution in [0.1, 0.15) is 0 Å².